The summed E-state index contributed by atoms with van der Waals surface area (Å²) in [5, 5.41) is 22.3. The van der Waals surface area contributed by atoms with Crippen LogP contribution in [0.3, 0.4) is 0 Å². The van der Waals surface area contributed by atoms with E-state index in [0.717, 1.165) is 17.7 Å². The highest BCUT2D eigenvalue weighted by molar-refractivity contribution is 6.33. The van der Waals surface area contributed by atoms with Crippen LogP contribution in [-0.2, 0) is 11.3 Å². The first-order valence-electron chi connectivity index (χ1n) is 7.43. The molecule has 6 nitrogen and oxygen atoms in total. The van der Waals surface area contributed by atoms with E-state index in [-0.39, 0.29) is 29.4 Å². The molecule has 25 heavy (non-hydrogen) atoms. The third-order valence-corrected chi connectivity index (χ3v) is 3.79. The number of ether oxygens (including phenoxy) is 1. The maximum atomic E-state index is 13.4. The van der Waals surface area contributed by atoms with Crippen molar-refractivity contribution in [3.05, 3.63) is 64.4 Å². The third kappa shape index (κ3) is 5.32. The molecule has 0 saturated carbocycles. The van der Waals surface area contributed by atoms with Crippen molar-refractivity contribution in [2.45, 2.75) is 18.8 Å². The number of anilines is 1. The van der Waals surface area contributed by atoms with Gasteiger partial charge < -0.3 is 26.0 Å². The highest BCUT2D eigenvalue weighted by Gasteiger charge is 2.23. The van der Waals surface area contributed by atoms with Crippen LogP contribution in [-0.4, -0.2) is 29.0 Å². The predicted octanol–water partition coefficient (Wildman–Crippen LogP) is 2.38. The molecule has 0 heterocycles. The number of aliphatic hydroxyl groups is 2. The summed E-state index contributed by atoms with van der Waals surface area (Å²) in [5.41, 5.74) is 6.38. The molecule has 0 aliphatic carbocycles. The molecule has 0 radical (unpaired) electrons. The maximum Gasteiger partial charge on any atom is 0.407 e. The number of hydrogen-bond acceptors (Lipinski definition) is 5. The number of aliphatic hydroxyl groups excluding tert-OH is 2. The summed E-state index contributed by atoms with van der Waals surface area (Å²) in [4.78, 5) is 11.6. The lowest BCUT2D eigenvalue weighted by Gasteiger charge is -2.20. The zero-order chi connectivity index (χ0) is 18.4. The largest absolute Gasteiger partial charge is 0.445 e. The molecule has 134 valence electrons. The second-order valence-electron chi connectivity index (χ2n) is 5.35. The van der Waals surface area contributed by atoms with Crippen LogP contribution in [0.25, 0.3) is 0 Å². The number of nitrogen functional groups attached to an aromatic ring is 1. The van der Waals surface area contributed by atoms with E-state index in [2.05, 4.69) is 5.32 Å². The van der Waals surface area contributed by atoms with Gasteiger partial charge in [-0.1, -0.05) is 41.9 Å². The van der Waals surface area contributed by atoms with Crippen LogP contribution in [0, 0.1) is 5.82 Å². The van der Waals surface area contributed by atoms with Gasteiger partial charge in [-0.15, -0.1) is 0 Å². The minimum Gasteiger partial charge on any atom is -0.445 e. The van der Waals surface area contributed by atoms with Gasteiger partial charge in [0.05, 0.1) is 10.7 Å². The second kappa shape index (κ2) is 8.66. The van der Waals surface area contributed by atoms with Crippen molar-refractivity contribution in [1.29, 1.82) is 0 Å². The summed E-state index contributed by atoms with van der Waals surface area (Å²) in [6, 6.07) is 11.0. The van der Waals surface area contributed by atoms with E-state index in [0.29, 0.717) is 0 Å². The van der Waals surface area contributed by atoms with Gasteiger partial charge >= 0.3 is 6.09 Å². The molecular weight excluding hydrogens is 351 g/mol. The SMILES string of the molecule is Nc1c(Cl)cc(F)cc1C(O)C(O)CNC(=O)OCc1ccccc1. The van der Waals surface area contributed by atoms with Gasteiger partial charge in [-0.3, -0.25) is 0 Å². The minimum absolute atomic E-state index is 0.0405. The lowest BCUT2D eigenvalue weighted by atomic mass is 10.0. The molecule has 0 aliphatic heterocycles. The molecule has 0 saturated heterocycles. The fourth-order valence-electron chi connectivity index (χ4n) is 2.13. The number of halogens is 2. The van der Waals surface area contributed by atoms with Gasteiger partial charge in [-0.05, 0) is 17.7 Å². The Balaban J connectivity index is 1.87. The van der Waals surface area contributed by atoms with Crippen molar-refractivity contribution in [3.63, 3.8) is 0 Å². The smallest absolute Gasteiger partial charge is 0.407 e. The van der Waals surface area contributed by atoms with Gasteiger partial charge in [-0.2, -0.15) is 0 Å². The quantitative estimate of drug-likeness (QED) is 0.586. The van der Waals surface area contributed by atoms with E-state index >= 15 is 0 Å². The Kier molecular flexibility index (Phi) is 6.58. The van der Waals surface area contributed by atoms with Gasteiger partial charge in [0.2, 0.25) is 0 Å². The van der Waals surface area contributed by atoms with Gasteiger partial charge in [0.15, 0.2) is 0 Å². The Morgan fingerprint density at radius 3 is 2.64 bits per heavy atom. The van der Waals surface area contributed by atoms with Crippen molar-refractivity contribution in [2.75, 3.05) is 12.3 Å². The number of alkyl carbamates (subject to hydrolysis) is 1. The first-order valence-corrected chi connectivity index (χ1v) is 7.81. The van der Waals surface area contributed by atoms with Gasteiger partial charge in [-0.25, -0.2) is 9.18 Å². The van der Waals surface area contributed by atoms with Crippen molar-refractivity contribution in [3.8, 4) is 0 Å². The summed E-state index contributed by atoms with van der Waals surface area (Å²) in [7, 11) is 0. The Labute approximate surface area is 149 Å². The molecule has 0 aliphatic rings. The topological polar surface area (TPSA) is 105 Å². The number of hydrogen-bond donors (Lipinski definition) is 4. The van der Waals surface area contributed by atoms with E-state index in [1.807, 2.05) is 18.2 Å². The molecule has 2 atom stereocenters. The van der Waals surface area contributed by atoms with Gasteiger partial charge in [0.25, 0.3) is 0 Å². The zero-order valence-corrected chi connectivity index (χ0v) is 13.9. The molecule has 5 N–H and O–H groups in total. The number of nitrogens with two attached hydrogens (primary N) is 1. The summed E-state index contributed by atoms with van der Waals surface area (Å²) < 4.78 is 18.4. The van der Waals surface area contributed by atoms with Crippen molar-refractivity contribution in [1.82, 2.24) is 5.32 Å². The number of nitrogens with one attached hydrogen (secondary N) is 1. The number of rotatable bonds is 6. The number of amides is 1. The van der Waals surface area contributed by atoms with Crippen LogP contribution in [0.4, 0.5) is 14.9 Å². The molecule has 0 spiro atoms. The third-order valence-electron chi connectivity index (χ3n) is 3.48. The summed E-state index contributed by atoms with van der Waals surface area (Å²) in [5.74, 6) is -0.698. The summed E-state index contributed by atoms with van der Waals surface area (Å²) in [6.07, 6.45) is -3.72. The average molecular weight is 369 g/mol. The molecule has 0 fully saturated rings. The lowest BCUT2D eigenvalue weighted by molar-refractivity contribution is 0.0187. The number of carbonyl (C=O) groups is 1. The van der Waals surface area contributed by atoms with E-state index in [9.17, 15) is 19.4 Å². The van der Waals surface area contributed by atoms with Crippen molar-refractivity contribution >= 4 is 23.4 Å². The van der Waals surface area contributed by atoms with Crippen LogP contribution in [0.1, 0.15) is 17.2 Å². The molecular formula is C17H18ClFN2O4. The van der Waals surface area contributed by atoms with Crippen LogP contribution >= 0.6 is 11.6 Å². The van der Waals surface area contributed by atoms with Crippen molar-refractivity contribution in [2.24, 2.45) is 0 Å². The van der Waals surface area contributed by atoms with E-state index in [1.54, 1.807) is 12.1 Å². The fourth-order valence-corrected chi connectivity index (χ4v) is 2.34. The first-order chi connectivity index (χ1) is 11.9. The molecule has 2 unspecified atom stereocenters. The molecule has 2 rings (SSSR count). The molecule has 2 aromatic rings. The van der Waals surface area contributed by atoms with Crippen LogP contribution in [0.2, 0.25) is 5.02 Å². The molecule has 1 amide bonds. The maximum absolute atomic E-state index is 13.4. The Morgan fingerprint density at radius 2 is 1.96 bits per heavy atom. The van der Waals surface area contributed by atoms with E-state index in [1.165, 1.54) is 0 Å². The molecule has 2 aromatic carbocycles. The van der Waals surface area contributed by atoms with Crippen molar-refractivity contribution < 1.29 is 24.1 Å². The van der Waals surface area contributed by atoms with E-state index in [4.69, 9.17) is 22.1 Å². The molecule has 0 aromatic heterocycles. The zero-order valence-electron chi connectivity index (χ0n) is 13.2. The summed E-state index contributed by atoms with van der Waals surface area (Å²) in [6.45, 7) is -0.250. The summed E-state index contributed by atoms with van der Waals surface area (Å²) >= 11 is 5.75. The highest BCUT2D eigenvalue weighted by Crippen LogP contribution is 2.30. The lowest BCUT2D eigenvalue weighted by Crippen LogP contribution is -2.36. The minimum atomic E-state index is -1.53. The van der Waals surface area contributed by atoms with Crippen LogP contribution in [0.5, 0.6) is 0 Å². The normalized spacial score (nSPS) is 13.1. The van der Waals surface area contributed by atoms with Gasteiger partial charge in [0.1, 0.15) is 24.6 Å². The van der Waals surface area contributed by atoms with Gasteiger partial charge in [0, 0.05) is 12.1 Å². The van der Waals surface area contributed by atoms with Crippen LogP contribution in [0.15, 0.2) is 42.5 Å². The van der Waals surface area contributed by atoms with E-state index < -0.39 is 24.1 Å². The highest BCUT2D eigenvalue weighted by atomic mass is 35.5. The predicted molar refractivity (Wildman–Crippen MR) is 91.4 cm³/mol. The number of carbonyl (C=O) groups excluding carboxylic acids is 1. The Bertz CT molecular complexity index is 730. The number of benzene rings is 2. The first kappa shape index (κ1) is 19.0. The molecule has 0 bridgehead atoms. The monoisotopic (exact) mass is 368 g/mol. The van der Waals surface area contributed by atoms with Crippen LogP contribution < -0.4 is 11.1 Å². The standard InChI is InChI=1S/C17H18ClFN2O4/c18-13-7-11(19)6-12(15(13)20)16(23)14(22)8-21-17(24)25-9-10-4-2-1-3-5-10/h1-7,14,16,22-23H,8-9,20H2,(H,21,24). The average Bonchev–Trinajstić information content (AvgIpc) is 2.61. The Hall–Kier alpha value is -2.35. The Morgan fingerprint density at radius 1 is 1.28 bits per heavy atom. The second-order valence-corrected chi connectivity index (χ2v) is 5.75. The fraction of sp³-hybridized carbons (Fsp3) is 0.235. The molecule has 8 heteroatoms.